The molecule has 7 heteroatoms. The van der Waals surface area contributed by atoms with E-state index in [9.17, 15) is 24.5 Å². The molecule has 18 heavy (non-hydrogen) atoms. The number of carbonyl (C=O) groups is 3. The topological polar surface area (TPSA) is 97.6 Å². The largest absolute Gasteiger partial charge is 0.282 e. The number of rotatable bonds is 2. The summed E-state index contributed by atoms with van der Waals surface area (Å²) in [6.45, 7) is 0. The average molecular weight is 248 g/mol. The third kappa shape index (κ3) is 1.86. The fraction of sp³-hybridized carbons (Fsp3) is 0.182. The Kier molecular flexibility index (Phi) is 2.88. The van der Waals surface area contributed by atoms with Crippen molar-refractivity contribution in [1.82, 2.24) is 4.90 Å². The lowest BCUT2D eigenvalue weighted by atomic mass is 10.1. The van der Waals surface area contributed by atoms with E-state index in [-0.39, 0.29) is 18.4 Å². The summed E-state index contributed by atoms with van der Waals surface area (Å²) in [5.41, 5.74) is -0.680. The molecular formula is C11H8N2O5. The number of benzene rings is 1. The molecule has 0 radical (unpaired) electrons. The van der Waals surface area contributed by atoms with Crippen molar-refractivity contribution in [3.63, 3.8) is 0 Å². The molecular weight excluding hydrogens is 240 g/mol. The second-order valence-corrected chi connectivity index (χ2v) is 3.70. The predicted octanol–water partition coefficient (Wildman–Crippen LogP) is 0.884. The number of hydrogen-bond acceptors (Lipinski definition) is 5. The summed E-state index contributed by atoms with van der Waals surface area (Å²) < 4.78 is 0. The van der Waals surface area contributed by atoms with Crippen LogP contribution in [-0.2, 0) is 9.59 Å². The van der Waals surface area contributed by atoms with Crippen molar-refractivity contribution in [2.24, 2.45) is 0 Å². The Balaban J connectivity index is 2.43. The van der Waals surface area contributed by atoms with E-state index in [0.717, 1.165) is 6.07 Å². The summed E-state index contributed by atoms with van der Waals surface area (Å²) in [5, 5.41) is 10.8. The lowest BCUT2D eigenvalue weighted by Crippen LogP contribution is -2.35. The molecule has 1 aromatic rings. The Morgan fingerprint density at radius 2 is 1.72 bits per heavy atom. The van der Waals surface area contributed by atoms with Crippen LogP contribution in [0.4, 0.5) is 5.69 Å². The summed E-state index contributed by atoms with van der Waals surface area (Å²) in [5.74, 6) is -2.18. The van der Waals surface area contributed by atoms with Crippen molar-refractivity contribution >= 4 is 23.4 Å². The molecule has 0 aliphatic carbocycles. The van der Waals surface area contributed by atoms with Crippen LogP contribution in [-0.4, -0.2) is 27.5 Å². The van der Waals surface area contributed by atoms with Gasteiger partial charge in [0.05, 0.1) is 4.92 Å². The zero-order valence-electron chi connectivity index (χ0n) is 9.16. The van der Waals surface area contributed by atoms with Crippen LogP contribution < -0.4 is 0 Å². The van der Waals surface area contributed by atoms with Crippen LogP contribution in [0.15, 0.2) is 24.3 Å². The van der Waals surface area contributed by atoms with Crippen molar-refractivity contribution in [3.8, 4) is 0 Å². The van der Waals surface area contributed by atoms with Crippen LogP contribution in [0.1, 0.15) is 23.2 Å². The number of amides is 3. The van der Waals surface area contributed by atoms with E-state index in [1.165, 1.54) is 18.2 Å². The Morgan fingerprint density at radius 1 is 1.17 bits per heavy atom. The molecule has 1 fully saturated rings. The van der Waals surface area contributed by atoms with E-state index < -0.39 is 28.3 Å². The molecule has 1 saturated heterocycles. The maximum atomic E-state index is 12.0. The highest BCUT2D eigenvalue weighted by atomic mass is 16.6. The van der Waals surface area contributed by atoms with Gasteiger partial charge in [0.2, 0.25) is 11.8 Å². The van der Waals surface area contributed by atoms with Gasteiger partial charge < -0.3 is 0 Å². The van der Waals surface area contributed by atoms with E-state index in [2.05, 4.69) is 0 Å². The van der Waals surface area contributed by atoms with E-state index in [1.807, 2.05) is 0 Å². The molecule has 0 N–H and O–H groups in total. The minimum atomic E-state index is -0.935. The minimum Gasteiger partial charge on any atom is -0.274 e. The summed E-state index contributed by atoms with van der Waals surface area (Å²) in [7, 11) is 0. The molecule has 0 aromatic heterocycles. The van der Waals surface area contributed by atoms with Crippen LogP contribution in [0.2, 0.25) is 0 Å². The maximum absolute atomic E-state index is 12.0. The Hall–Kier alpha value is -2.57. The van der Waals surface area contributed by atoms with Gasteiger partial charge in [0, 0.05) is 18.9 Å². The predicted molar refractivity (Wildman–Crippen MR) is 58.5 cm³/mol. The molecule has 0 bridgehead atoms. The molecule has 1 aliphatic rings. The van der Waals surface area contributed by atoms with Gasteiger partial charge in [-0.15, -0.1) is 0 Å². The molecule has 0 saturated carbocycles. The number of nitro benzene ring substituents is 1. The third-order valence-corrected chi connectivity index (χ3v) is 2.59. The summed E-state index contributed by atoms with van der Waals surface area (Å²) in [4.78, 5) is 45.3. The SMILES string of the molecule is O=C1CCC(=O)N1C(=O)c1ccccc1[N+](=O)[O-]. The van der Waals surface area contributed by atoms with E-state index in [4.69, 9.17) is 0 Å². The van der Waals surface area contributed by atoms with Crippen LogP contribution in [0.25, 0.3) is 0 Å². The Labute approximate surface area is 101 Å². The highest BCUT2D eigenvalue weighted by Crippen LogP contribution is 2.22. The molecule has 3 amide bonds. The van der Waals surface area contributed by atoms with Crippen molar-refractivity contribution < 1.29 is 19.3 Å². The first-order valence-corrected chi connectivity index (χ1v) is 5.16. The van der Waals surface area contributed by atoms with Gasteiger partial charge >= 0.3 is 0 Å². The van der Waals surface area contributed by atoms with Crippen LogP contribution in [0.5, 0.6) is 0 Å². The summed E-state index contributed by atoms with van der Waals surface area (Å²) in [6, 6.07) is 5.21. The number of imide groups is 3. The number of likely N-dealkylation sites (tertiary alicyclic amines) is 1. The van der Waals surface area contributed by atoms with Gasteiger partial charge in [0.15, 0.2) is 0 Å². The van der Waals surface area contributed by atoms with Crippen molar-refractivity contribution in [2.75, 3.05) is 0 Å². The summed E-state index contributed by atoms with van der Waals surface area (Å²) >= 11 is 0. The van der Waals surface area contributed by atoms with Gasteiger partial charge in [-0.1, -0.05) is 12.1 Å². The zero-order valence-corrected chi connectivity index (χ0v) is 9.16. The summed E-state index contributed by atoms with van der Waals surface area (Å²) in [6.07, 6.45) is -0.0730. The molecule has 0 atom stereocenters. The minimum absolute atomic E-state index is 0.0365. The van der Waals surface area contributed by atoms with Crippen molar-refractivity contribution in [1.29, 1.82) is 0 Å². The van der Waals surface area contributed by atoms with Crippen molar-refractivity contribution in [3.05, 3.63) is 39.9 Å². The van der Waals surface area contributed by atoms with E-state index in [0.29, 0.717) is 4.90 Å². The van der Waals surface area contributed by atoms with Crippen molar-refractivity contribution in [2.45, 2.75) is 12.8 Å². The molecule has 2 rings (SSSR count). The number of nitrogens with zero attached hydrogens (tertiary/aromatic N) is 2. The second-order valence-electron chi connectivity index (χ2n) is 3.70. The lowest BCUT2D eigenvalue weighted by molar-refractivity contribution is -0.385. The normalized spacial score (nSPS) is 15.0. The van der Waals surface area contributed by atoms with E-state index >= 15 is 0 Å². The molecule has 1 heterocycles. The zero-order chi connectivity index (χ0) is 13.3. The first-order valence-electron chi connectivity index (χ1n) is 5.16. The third-order valence-electron chi connectivity index (χ3n) is 2.59. The second kappa shape index (κ2) is 4.36. The monoisotopic (exact) mass is 248 g/mol. The highest BCUT2D eigenvalue weighted by Gasteiger charge is 2.37. The first-order chi connectivity index (χ1) is 8.52. The molecule has 1 aliphatic heterocycles. The van der Waals surface area contributed by atoms with Crippen LogP contribution in [0.3, 0.4) is 0 Å². The number of carbonyl (C=O) groups excluding carboxylic acids is 3. The van der Waals surface area contributed by atoms with Gasteiger partial charge in [-0.05, 0) is 6.07 Å². The fourth-order valence-electron chi connectivity index (χ4n) is 1.74. The molecule has 1 aromatic carbocycles. The quantitative estimate of drug-likeness (QED) is 0.439. The van der Waals surface area contributed by atoms with Gasteiger partial charge in [0.1, 0.15) is 5.56 Å². The average Bonchev–Trinajstić information content (AvgIpc) is 2.68. The van der Waals surface area contributed by atoms with Gasteiger partial charge in [-0.3, -0.25) is 24.5 Å². The fourth-order valence-corrected chi connectivity index (χ4v) is 1.74. The molecule has 0 spiro atoms. The van der Waals surface area contributed by atoms with Crippen LogP contribution in [0, 0.1) is 10.1 Å². The van der Waals surface area contributed by atoms with Crippen LogP contribution >= 0.6 is 0 Å². The standard InChI is InChI=1S/C11H8N2O5/c14-9-5-6-10(15)12(9)11(16)7-3-1-2-4-8(7)13(17)18/h1-4H,5-6H2. The first kappa shape index (κ1) is 11.9. The molecule has 92 valence electrons. The molecule has 7 nitrogen and oxygen atoms in total. The van der Waals surface area contributed by atoms with Gasteiger partial charge in [-0.25, -0.2) is 4.90 Å². The highest BCUT2D eigenvalue weighted by molar-refractivity contribution is 6.20. The smallest absolute Gasteiger partial charge is 0.274 e. The number of para-hydroxylation sites is 1. The Bertz CT molecular complexity index is 550. The number of nitro groups is 1. The van der Waals surface area contributed by atoms with Gasteiger partial charge in [0.25, 0.3) is 11.6 Å². The van der Waals surface area contributed by atoms with E-state index in [1.54, 1.807) is 0 Å². The molecule has 0 unspecified atom stereocenters. The lowest BCUT2D eigenvalue weighted by Gasteiger charge is -2.11. The Morgan fingerprint density at radius 3 is 2.28 bits per heavy atom. The number of hydrogen-bond donors (Lipinski definition) is 0. The van der Waals surface area contributed by atoms with Gasteiger partial charge in [-0.2, -0.15) is 0 Å². The maximum Gasteiger partial charge on any atom is 0.282 e.